The lowest BCUT2D eigenvalue weighted by Gasteiger charge is -2.31. The van der Waals surface area contributed by atoms with Gasteiger partial charge in [0.2, 0.25) is 0 Å². The molecule has 0 fully saturated rings. The van der Waals surface area contributed by atoms with Crippen molar-refractivity contribution in [1.29, 1.82) is 0 Å². The zero-order chi connectivity index (χ0) is 24.9. The van der Waals surface area contributed by atoms with Crippen molar-refractivity contribution < 1.29 is 14.0 Å². The Balaban J connectivity index is 1.53. The first-order valence-corrected chi connectivity index (χ1v) is 11.7. The predicted molar refractivity (Wildman–Crippen MR) is 137 cm³/mol. The highest BCUT2D eigenvalue weighted by molar-refractivity contribution is 6.04. The van der Waals surface area contributed by atoms with Crippen LogP contribution >= 0.6 is 0 Å². The molecule has 0 radical (unpaired) electrons. The molecule has 2 heterocycles. The van der Waals surface area contributed by atoms with Crippen LogP contribution in [0, 0.1) is 26.2 Å². The van der Waals surface area contributed by atoms with Gasteiger partial charge in [-0.1, -0.05) is 43.3 Å². The maximum Gasteiger partial charge on any atom is 0.373 e. The van der Waals surface area contributed by atoms with Gasteiger partial charge in [-0.3, -0.25) is 0 Å². The Morgan fingerprint density at radius 2 is 1.77 bits per heavy atom. The van der Waals surface area contributed by atoms with Gasteiger partial charge < -0.3 is 13.8 Å². The number of oxime groups is 1. The standard InChI is InChI=1S/C29H28N2O4/c1-17-10-11-21(12-18(17)2)31-19(3)13-22-24(15-29(4,5)16-25(22)31)30-35-28(33)23-14-20-8-6-7-9-26(20)34-27(23)32/h6-14H,15-16H2,1-5H3/b30-24+. The van der Waals surface area contributed by atoms with Crippen LogP contribution in [0.25, 0.3) is 16.7 Å². The first kappa shape index (κ1) is 22.8. The van der Waals surface area contributed by atoms with Gasteiger partial charge in [0.15, 0.2) is 0 Å². The summed E-state index contributed by atoms with van der Waals surface area (Å²) >= 11 is 0. The van der Waals surface area contributed by atoms with E-state index in [1.54, 1.807) is 18.2 Å². The number of carbonyl (C=O) groups is 1. The average Bonchev–Trinajstić information content (AvgIpc) is 3.13. The van der Waals surface area contributed by atoms with E-state index in [0.29, 0.717) is 23.1 Å². The summed E-state index contributed by atoms with van der Waals surface area (Å²) in [5.41, 5.74) is 6.91. The number of fused-ring (bicyclic) bond motifs is 2. The van der Waals surface area contributed by atoms with Crippen LogP contribution in [0.4, 0.5) is 0 Å². The second-order valence-electron chi connectivity index (χ2n) is 10.2. The fourth-order valence-corrected chi connectivity index (χ4v) is 4.83. The fraction of sp³-hybridized carbons (Fsp3) is 0.276. The maximum absolute atomic E-state index is 12.8. The van der Waals surface area contributed by atoms with E-state index >= 15 is 0 Å². The van der Waals surface area contributed by atoms with Gasteiger partial charge >= 0.3 is 11.6 Å². The van der Waals surface area contributed by atoms with Crippen LogP contribution in [0.15, 0.2) is 69.0 Å². The molecule has 2 aromatic heterocycles. The molecule has 1 aliphatic carbocycles. The molecule has 6 nitrogen and oxygen atoms in total. The largest absolute Gasteiger partial charge is 0.422 e. The van der Waals surface area contributed by atoms with Crippen molar-refractivity contribution in [2.45, 2.75) is 47.5 Å². The molecule has 0 amide bonds. The number of benzene rings is 2. The molecule has 0 bridgehead atoms. The van der Waals surface area contributed by atoms with E-state index in [4.69, 9.17) is 9.25 Å². The number of hydrogen-bond donors (Lipinski definition) is 0. The van der Waals surface area contributed by atoms with Gasteiger partial charge in [-0.2, -0.15) is 0 Å². The minimum Gasteiger partial charge on any atom is -0.422 e. The molecule has 0 saturated carbocycles. The van der Waals surface area contributed by atoms with Gasteiger partial charge in [-0.25, -0.2) is 9.59 Å². The minimum absolute atomic E-state index is 0.0809. The molecule has 5 rings (SSSR count). The maximum atomic E-state index is 12.8. The van der Waals surface area contributed by atoms with E-state index in [9.17, 15) is 9.59 Å². The van der Waals surface area contributed by atoms with Gasteiger partial charge in [-0.05, 0) is 80.5 Å². The third-order valence-corrected chi connectivity index (χ3v) is 6.74. The van der Waals surface area contributed by atoms with Gasteiger partial charge in [0, 0.05) is 28.0 Å². The smallest absolute Gasteiger partial charge is 0.373 e. The number of hydrogen-bond acceptors (Lipinski definition) is 5. The monoisotopic (exact) mass is 468 g/mol. The summed E-state index contributed by atoms with van der Waals surface area (Å²) in [6, 6.07) is 17.1. The van der Waals surface area contributed by atoms with E-state index in [0.717, 1.165) is 29.1 Å². The Morgan fingerprint density at radius 1 is 1.00 bits per heavy atom. The van der Waals surface area contributed by atoms with Crippen molar-refractivity contribution in [3.8, 4) is 5.69 Å². The first-order valence-electron chi connectivity index (χ1n) is 11.7. The van der Waals surface area contributed by atoms with Crippen LogP contribution in [0.2, 0.25) is 0 Å². The molecule has 0 aliphatic heterocycles. The SMILES string of the molecule is Cc1ccc(-n2c(C)cc3c2CC(C)(C)C/C3=N\OC(=O)c2cc3ccccc3oc2=O)cc1C. The lowest BCUT2D eigenvalue weighted by molar-refractivity contribution is 0.0509. The van der Waals surface area contributed by atoms with Crippen LogP contribution in [0.1, 0.15) is 58.7 Å². The Hall–Kier alpha value is -3.93. The van der Waals surface area contributed by atoms with Crippen LogP contribution in [-0.4, -0.2) is 16.2 Å². The Labute approximate surface area is 203 Å². The number of aromatic nitrogens is 1. The Morgan fingerprint density at radius 3 is 2.54 bits per heavy atom. The topological polar surface area (TPSA) is 73.8 Å². The van der Waals surface area contributed by atoms with E-state index < -0.39 is 11.6 Å². The second-order valence-corrected chi connectivity index (χ2v) is 10.2. The summed E-state index contributed by atoms with van der Waals surface area (Å²) in [6.07, 6.45) is 1.51. The van der Waals surface area contributed by atoms with Crippen molar-refractivity contribution in [2.24, 2.45) is 10.6 Å². The third kappa shape index (κ3) is 4.20. The summed E-state index contributed by atoms with van der Waals surface area (Å²) in [7, 11) is 0. The van der Waals surface area contributed by atoms with Crippen LogP contribution < -0.4 is 5.63 Å². The van der Waals surface area contributed by atoms with Gasteiger partial charge in [-0.15, -0.1) is 0 Å². The molecule has 0 unspecified atom stereocenters. The Kier molecular flexibility index (Phi) is 5.47. The van der Waals surface area contributed by atoms with Crippen molar-refractivity contribution in [1.82, 2.24) is 4.57 Å². The van der Waals surface area contributed by atoms with Crippen LogP contribution in [0.3, 0.4) is 0 Å². The molecule has 1 aliphatic rings. The number of nitrogens with zero attached hydrogens (tertiary/aromatic N) is 2. The lowest BCUT2D eigenvalue weighted by Crippen LogP contribution is -2.29. The third-order valence-electron chi connectivity index (χ3n) is 6.74. The summed E-state index contributed by atoms with van der Waals surface area (Å²) in [5.74, 6) is -0.827. The normalized spacial score (nSPS) is 15.9. The number of rotatable bonds is 3. The molecule has 0 saturated heterocycles. The van der Waals surface area contributed by atoms with Crippen molar-refractivity contribution in [2.75, 3.05) is 0 Å². The molecular weight excluding hydrogens is 440 g/mol. The predicted octanol–water partition coefficient (Wildman–Crippen LogP) is 6.04. The van der Waals surface area contributed by atoms with E-state index in [2.05, 4.69) is 68.6 Å². The fourth-order valence-electron chi connectivity index (χ4n) is 4.83. The highest BCUT2D eigenvalue weighted by Gasteiger charge is 2.34. The molecule has 0 spiro atoms. The van der Waals surface area contributed by atoms with E-state index in [-0.39, 0.29) is 11.0 Å². The quantitative estimate of drug-likeness (QED) is 0.209. The van der Waals surface area contributed by atoms with Crippen molar-refractivity contribution in [3.05, 3.63) is 98.7 Å². The van der Waals surface area contributed by atoms with Crippen molar-refractivity contribution >= 4 is 22.7 Å². The van der Waals surface area contributed by atoms with Crippen LogP contribution in [0.5, 0.6) is 0 Å². The van der Waals surface area contributed by atoms with Gasteiger partial charge in [0.05, 0.1) is 5.71 Å². The zero-order valence-electron chi connectivity index (χ0n) is 20.6. The molecule has 0 atom stereocenters. The van der Waals surface area contributed by atoms with E-state index in [1.165, 1.54) is 17.2 Å². The van der Waals surface area contributed by atoms with Gasteiger partial charge in [0.1, 0.15) is 11.1 Å². The summed E-state index contributed by atoms with van der Waals surface area (Å²) in [6.45, 7) is 10.7. The molecule has 35 heavy (non-hydrogen) atoms. The molecule has 4 aromatic rings. The van der Waals surface area contributed by atoms with Gasteiger partial charge in [0.25, 0.3) is 0 Å². The Bertz CT molecular complexity index is 1570. The lowest BCUT2D eigenvalue weighted by atomic mass is 9.76. The minimum atomic E-state index is -0.827. The summed E-state index contributed by atoms with van der Waals surface area (Å²) < 4.78 is 7.53. The molecule has 2 aromatic carbocycles. The number of carbonyl (C=O) groups excluding carboxylic acids is 1. The number of para-hydroxylation sites is 1. The average molecular weight is 469 g/mol. The first-order chi connectivity index (χ1) is 16.6. The summed E-state index contributed by atoms with van der Waals surface area (Å²) in [5, 5.41) is 4.92. The van der Waals surface area contributed by atoms with Crippen LogP contribution in [-0.2, 0) is 11.3 Å². The second kappa shape index (κ2) is 8.38. The summed E-state index contributed by atoms with van der Waals surface area (Å²) in [4.78, 5) is 30.5. The number of aryl methyl sites for hydroxylation is 3. The van der Waals surface area contributed by atoms with Crippen molar-refractivity contribution in [3.63, 3.8) is 0 Å². The highest BCUT2D eigenvalue weighted by atomic mass is 16.7. The van der Waals surface area contributed by atoms with E-state index in [1.807, 2.05) is 6.07 Å². The zero-order valence-corrected chi connectivity index (χ0v) is 20.6. The molecular formula is C29H28N2O4. The highest BCUT2D eigenvalue weighted by Crippen LogP contribution is 2.38. The molecule has 0 N–H and O–H groups in total. The molecule has 178 valence electrons. The molecule has 6 heteroatoms.